The predicted molar refractivity (Wildman–Crippen MR) is 150 cm³/mol. The van der Waals surface area contributed by atoms with Crippen molar-refractivity contribution in [2.45, 2.75) is 57.6 Å². The van der Waals surface area contributed by atoms with Crippen LogP contribution in [0.4, 0.5) is 4.39 Å². The summed E-state index contributed by atoms with van der Waals surface area (Å²) >= 11 is 0. The number of hydrogen-bond acceptors (Lipinski definition) is 6. The Bertz CT molecular complexity index is 1550. The van der Waals surface area contributed by atoms with E-state index in [2.05, 4.69) is 30.9 Å². The third-order valence-electron chi connectivity index (χ3n) is 7.98. The number of halogens is 1. The highest BCUT2D eigenvalue weighted by Crippen LogP contribution is 2.36. The van der Waals surface area contributed by atoms with Gasteiger partial charge < -0.3 is 20.1 Å². The lowest BCUT2D eigenvalue weighted by molar-refractivity contribution is 0.0947. The van der Waals surface area contributed by atoms with E-state index in [1.54, 1.807) is 24.1 Å². The summed E-state index contributed by atoms with van der Waals surface area (Å²) in [5.41, 5.74) is 4.99. The van der Waals surface area contributed by atoms with E-state index in [0.29, 0.717) is 23.7 Å². The van der Waals surface area contributed by atoms with Gasteiger partial charge in [-0.1, -0.05) is 0 Å². The monoisotopic (exact) mass is 546 g/mol. The topological polar surface area (TPSA) is 96.9 Å². The third-order valence-corrected chi connectivity index (χ3v) is 7.98. The number of benzene rings is 1. The van der Waals surface area contributed by atoms with Gasteiger partial charge in [-0.05, 0) is 76.2 Å². The van der Waals surface area contributed by atoms with Gasteiger partial charge in [0, 0.05) is 42.2 Å². The molecule has 9 nitrogen and oxygen atoms in total. The molecule has 2 aliphatic rings. The van der Waals surface area contributed by atoms with Crippen LogP contribution in [0.5, 0.6) is 5.75 Å². The zero-order chi connectivity index (χ0) is 28.0. The summed E-state index contributed by atoms with van der Waals surface area (Å²) in [6.45, 7) is 6.18. The van der Waals surface area contributed by atoms with Crippen molar-refractivity contribution in [1.82, 2.24) is 29.4 Å². The molecular weight excluding hydrogens is 511 g/mol. The maximum atomic E-state index is 14.7. The molecule has 1 aliphatic heterocycles. The molecule has 1 aliphatic carbocycles. The van der Waals surface area contributed by atoms with Crippen LogP contribution in [0.3, 0.4) is 0 Å². The number of imidazole rings is 1. The maximum Gasteiger partial charge on any atom is 0.254 e. The number of methoxy groups -OCH3 is 1. The third kappa shape index (κ3) is 5.21. The van der Waals surface area contributed by atoms with Gasteiger partial charge in [-0.3, -0.25) is 9.20 Å². The summed E-state index contributed by atoms with van der Waals surface area (Å²) in [7, 11) is 1.69. The second-order valence-corrected chi connectivity index (χ2v) is 11.1. The zero-order valence-electron chi connectivity index (χ0n) is 23.1. The van der Waals surface area contributed by atoms with E-state index in [0.717, 1.165) is 67.0 Å². The van der Waals surface area contributed by atoms with Gasteiger partial charge in [-0.15, -0.1) is 0 Å². The number of nitrogens with one attached hydrogen (secondary N) is 1. The van der Waals surface area contributed by atoms with Crippen molar-refractivity contribution in [3.05, 3.63) is 65.5 Å². The standard InChI is InChI=1S/C30H35FN6O3/c1-18-10-25(31)23(30(39)34-22-4-5-22)11-26(18)37-16-21(13-33-37)27-14-32-29-12-28(40-3)24(17-36(27)29)20-6-8-35(9-7-20)15-19(2)38/h10-14,16-17,19-20,22,38H,4-9,15H2,1-3H3,(H,34,39)/t19-/m0/s1. The highest BCUT2D eigenvalue weighted by atomic mass is 19.1. The number of nitrogens with zero attached hydrogens (tertiary/aromatic N) is 5. The van der Waals surface area contributed by atoms with E-state index in [1.165, 1.54) is 6.07 Å². The predicted octanol–water partition coefficient (Wildman–Crippen LogP) is 4.10. The zero-order valence-corrected chi connectivity index (χ0v) is 23.1. The van der Waals surface area contributed by atoms with Gasteiger partial charge in [0.2, 0.25) is 0 Å². The number of amides is 1. The van der Waals surface area contributed by atoms with Gasteiger partial charge in [0.15, 0.2) is 0 Å². The number of piperidine rings is 1. The number of pyridine rings is 1. The van der Waals surface area contributed by atoms with Gasteiger partial charge in [-0.2, -0.15) is 5.10 Å². The van der Waals surface area contributed by atoms with E-state index in [4.69, 9.17) is 4.74 Å². The molecule has 1 saturated heterocycles. The van der Waals surface area contributed by atoms with Crippen LogP contribution in [0.15, 0.2) is 43.0 Å². The van der Waals surface area contributed by atoms with Crippen molar-refractivity contribution < 1.29 is 19.0 Å². The summed E-state index contributed by atoms with van der Waals surface area (Å²) in [5.74, 6) is 0.234. The Morgan fingerprint density at radius 1 is 1.18 bits per heavy atom. The van der Waals surface area contributed by atoms with Gasteiger partial charge in [-0.25, -0.2) is 14.1 Å². The van der Waals surface area contributed by atoms with Crippen LogP contribution in [0.1, 0.15) is 60.0 Å². The summed E-state index contributed by atoms with van der Waals surface area (Å²) in [5, 5.41) is 17.2. The number of carbonyl (C=O) groups is 1. The smallest absolute Gasteiger partial charge is 0.254 e. The number of aliphatic hydroxyl groups is 1. The van der Waals surface area contributed by atoms with Crippen molar-refractivity contribution in [2.75, 3.05) is 26.7 Å². The fraction of sp³-hybridized carbons (Fsp3) is 0.433. The Morgan fingerprint density at radius 3 is 2.65 bits per heavy atom. The molecule has 3 aromatic heterocycles. The van der Waals surface area contributed by atoms with Crippen LogP contribution < -0.4 is 10.1 Å². The second-order valence-electron chi connectivity index (χ2n) is 11.1. The Morgan fingerprint density at radius 2 is 1.95 bits per heavy atom. The molecule has 2 N–H and O–H groups in total. The number of rotatable bonds is 8. The molecule has 40 heavy (non-hydrogen) atoms. The summed E-state index contributed by atoms with van der Waals surface area (Å²) in [6, 6.07) is 5.07. The number of likely N-dealkylation sites (tertiary alicyclic amines) is 1. The molecule has 1 aromatic carbocycles. The number of carbonyl (C=O) groups excluding carboxylic acids is 1. The SMILES string of the molecule is COc1cc2ncc(-c3cnn(-c4cc(C(=O)NC5CC5)c(F)cc4C)c3)n2cc1C1CCN(C[C@H](C)O)CC1. The lowest BCUT2D eigenvalue weighted by atomic mass is 9.89. The van der Waals surface area contributed by atoms with Gasteiger partial charge in [0.1, 0.15) is 17.2 Å². The molecule has 6 rings (SSSR count). The van der Waals surface area contributed by atoms with Crippen LogP contribution in [0, 0.1) is 12.7 Å². The quantitative estimate of drug-likeness (QED) is 0.346. The fourth-order valence-corrected chi connectivity index (χ4v) is 5.68. The molecule has 1 amide bonds. The molecule has 1 atom stereocenters. The molecule has 0 spiro atoms. The lowest BCUT2D eigenvalue weighted by Crippen LogP contribution is -2.37. The molecule has 0 unspecified atom stereocenters. The first-order chi connectivity index (χ1) is 19.3. The Labute approximate surface area is 232 Å². The molecule has 2 fully saturated rings. The molecule has 210 valence electrons. The van der Waals surface area contributed by atoms with Gasteiger partial charge in [0.25, 0.3) is 5.91 Å². The number of aryl methyl sites for hydroxylation is 1. The Kier molecular flexibility index (Phi) is 7.06. The number of ether oxygens (including phenoxy) is 1. The van der Waals surface area contributed by atoms with Crippen LogP contribution in [0.25, 0.3) is 22.6 Å². The first kappa shape index (κ1) is 26.5. The van der Waals surface area contributed by atoms with Crippen LogP contribution in [0.2, 0.25) is 0 Å². The molecule has 4 heterocycles. The van der Waals surface area contributed by atoms with Crippen LogP contribution >= 0.6 is 0 Å². The molecule has 1 saturated carbocycles. The molecule has 10 heteroatoms. The minimum atomic E-state index is -0.535. The maximum absolute atomic E-state index is 14.7. The highest BCUT2D eigenvalue weighted by Gasteiger charge is 2.27. The first-order valence-corrected chi connectivity index (χ1v) is 13.9. The van der Waals surface area contributed by atoms with E-state index in [1.807, 2.05) is 32.3 Å². The van der Waals surface area contributed by atoms with Gasteiger partial charge >= 0.3 is 0 Å². The number of β-amino-alcohol motifs (C(OH)–C–C–N with tert-alkyl or cyclic N) is 1. The summed E-state index contributed by atoms with van der Waals surface area (Å²) in [6.07, 6.45) is 11.1. The summed E-state index contributed by atoms with van der Waals surface area (Å²) < 4.78 is 24.2. The fourth-order valence-electron chi connectivity index (χ4n) is 5.68. The van der Waals surface area contributed by atoms with Gasteiger partial charge in [0.05, 0.1) is 42.6 Å². The largest absolute Gasteiger partial charge is 0.496 e. The van der Waals surface area contributed by atoms with E-state index < -0.39 is 11.7 Å². The lowest BCUT2D eigenvalue weighted by Gasteiger charge is -2.33. The van der Waals surface area contributed by atoms with E-state index in [9.17, 15) is 14.3 Å². The Balaban J connectivity index is 1.30. The number of fused-ring (bicyclic) bond motifs is 1. The van der Waals surface area contributed by atoms with Crippen LogP contribution in [-0.4, -0.2) is 74.0 Å². The van der Waals surface area contributed by atoms with Crippen molar-refractivity contribution in [3.63, 3.8) is 0 Å². The van der Waals surface area contributed by atoms with E-state index >= 15 is 0 Å². The number of hydrogen-bond donors (Lipinski definition) is 2. The van der Waals surface area contributed by atoms with Crippen molar-refractivity contribution >= 4 is 11.6 Å². The first-order valence-electron chi connectivity index (χ1n) is 13.9. The molecule has 4 aromatic rings. The normalized spacial score (nSPS) is 17.3. The van der Waals surface area contributed by atoms with E-state index in [-0.39, 0.29) is 17.7 Å². The van der Waals surface area contributed by atoms with Crippen molar-refractivity contribution in [3.8, 4) is 22.7 Å². The van der Waals surface area contributed by atoms with Crippen LogP contribution in [-0.2, 0) is 0 Å². The van der Waals surface area contributed by atoms with Crippen molar-refractivity contribution in [2.24, 2.45) is 0 Å². The number of aliphatic hydroxyl groups excluding tert-OH is 1. The highest BCUT2D eigenvalue weighted by molar-refractivity contribution is 5.95. The number of aromatic nitrogens is 4. The minimum Gasteiger partial charge on any atom is -0.496 e. The average molecular weight is 547 g/mol. The van der Waals surface area contributed by atoms with Crippen molar-refractivity contribution in [1.29, 1.82) is 0 Å². The molecule has 0 radical (unpaired) electrons. The average Bonchev–Trinajstić information content (AvgIpc) is 3.44. The Hall–Kier alpha value is -3.76. The summed E-state index contributed by atoms with van der Waals surface area (Å²) in [4.78, 5) is 19.5. The molecule has 0 bridgehead atoms. The second kappa shape index (κ2) is 10.7. The minimum absolute atomic E-state index is 0.0237. The molecular formula is C30H35FN6O3.